The van der Waals surface area contributed by atoms with Crippen molar-refractivity contribution in [3.63, 3.8) is 0 Å². The van der Waals surface area contributed by atoms with E-state index < -0.39 is 5.41 Å². The average molecular weight is 825 g/mol. The van der Waals surface area contributed by atoms with Crippen LogP contribution in [0.5, 0.6) is 0 Å². The van der Waals surface area contributed by atoms with Crippen LogP contribution < -0.4 is 4.90 Å². The molecule has 11 aromatic carbocycles. The lowest BCUT2D eigenvalue weighted by molar-refractivity contribution is 0.783. The summed E-state index contributed by atoms with van der Waals surface area (Å²) in [5.41, 5.74) is 19.2. The van der Waals surface area contributed by atoms with E-state index in [0.717, 1.165) is 22.7 Å². The van der Waals surface area contributed by atoms with Crippen molar-refractivity contribution in [2.75, 3.05) is 4.90 Å². The first kappa shape index (κ1) is 36.1. The summed E-state index contributed by atoms with van der Waals surface area (Å²) in [6.45, 7) is 0. The third kappa shape index (κ3) is 5.05. The summed E-state index contributed by atoms with van der Waals surface area (Å²) in [6, 6.07) is 90.0. The van der Waals surface area contributed by atoms with E-state index in [0.29, 0.717) is 0 Å². The van der Waals surface area contributed by atoms with Gasteiger partial charge in [0.15, 0.2) is 0 Å². The zero-order valence-electron chi connectivity index (χ0n) is 35.5. The lowest BCUT2D eigenvalue weighted by Crippen LogP contribution is -2.30. The summed E-state index contributed by atoms with van der Waals surface area (Å²) >= 11 is 0. The lowest BCUT2D eigenvalue weighted by Gasteiger charge is -2.38. The molecule has 0 fully saturated rings. The zero-order chi connectivity index (χ0) is 42.6. The fourth-order valence-electron chi connectivity index (χ4n) is 11.7. The van der Waals surface area contributed by atoms with E-state index in [1.807, 2.05) is 0 Å². The molecule has 2 aliphatic rings. The van der Waals surface area contributed by atoms with Gasteiger partial charge in [-0.1, -0.05) is 176 Å². The van der Waals surface area contributed by atoms with Crippen molar-refractivity contribution in [3.8, 4) is 39.1 Å². The van der Waals surface area contributed by atoms with Gasteiger partial charge in [0.2, 0.25) is 0 Å². The summed E-state index contributed by atoms with van der Waals surface area (Å²) in [4.78, 5) is 2.33. The fourth-order valence-corrected chi connectivity index (χ4v) is 11.7. The molecule has 1 aromatic heterocycles. The fraction of sp³-hybridized carbons (Fsp3) is 0.0159. The summed E-state index contributed by atoms with van der Waals surface area (Å²) in [6.07, 6.45) is 0. The van der Waals surface area contributed by atoms with Crippen molar-refractivity contribution in [1.29, 1.82) is 0 Å². The molecule has 2 nitrogen and oxygen atoms in total. The summed E-state index contributed by atoms with van der Waals surface area (Å²) in [5.74, 6) is 0. The smallest absolute Gasteiger partial charge is 0.0726 e. The quantitative estimate of drug-likeness (QED) is 0.162. The Morgan fingerprint density at radius 1 is 0.308 bits per heavy atom. The average Bonchev–Trinajstić information content (AvgIpc) is 3.87. The Morgan fingerprint density at radius 2 is 0.862 bits per heavy atom. The van der Waals surface area contributed by atoms with Crippen molar-refractivity contribution in [1.82, 2.24) is 4.57 Å². The van der Waals surface area contributed by atoms with Gasteiger partial charge in [-0.2, -0.15) is 0 Å². The maximum Gasteiger partial charge on any atom is 0.0726 e. The first-order chi connectivity index (χ1) is 32.3. The van der Waals surface area contributed by atoms with Gasteiger partial charge in [0.05, 0.1) is 16.4 Å². The topological polar surface area (TPSA) is 8.17 Å². The van der Waals surface area contributed by atoms with Crippen molar-refractivity contribution in [3.05, 3.63) is 265 Å². The third-order valence-corrected chi connectivity index (χ3v) is 14.3. The molecular weight excluding hydrogens is 785 g/mol. The molecule has 302 valence electrons. The number of hydrogen-bond donors (Lipinski definition) is 0. The van der Waals surface area contributed by atoms with Gasteiger partial charge in [-0.3, -0.25) is 0 Å². The predicted octanol–water partition coefficient (Wildman–Crippen LogP) is 16.6. The number of fused-ring (bicyclic) bond motifs is 8. The van der Waals surface area contributed by atoms with Crippen LogP contribution in [0.2, 0.25) is 0 Å². The molecule has 0 unspecified atom stereocenters. The normalized spacial score (nSPS) is 13.0. The standard InChI is InChI=1S/C63H40N2/c1-3-18-46(19-4-1)64(47-20-5-2-6-21-47)48-34-29-41(30-35-48)45-39-57-61-59(40-45)65(49-36-31-43(32-37-49)51-25-13-16-42-15-7-8-22-50(42)51)58-38-33-44-17-14-28-56(60(44)62(58)61)63(57)54-26-11-9-23-52(54)53-24-10-12-27-55(53)63/h1-40H. The molecule has 0 aliphatic heterocycles. The van der Waals surface area contributed by atoms with Crippen LogP contribution in [0.3, 0.4) is 0 Å². The zero-order valence-corrected chi connectivity index (χ0v) is 35.5. The molecule has 1 heterocycles. The second kappa shape index (κ2) is 13.8. The molecule has 0 radical (unpaired) electrons. The second-order valence-corrected chi connectivity index (χ2v) is 17.6. The Hall–Kier alpha value is -8.46. The molecule has 14 rings (SSSR count). The maximum atomic E-state index is 2.54. The molecule has 2 aliphatic carbocycles. The van der Waals surface area contributed by atoms with Crippen molar-refractivity contribution >= 4 is 60.4 Å². The van der Waals surface area contributed by atoms with Gasteiger partial charge in [0.25, 0.3) is 0 Å². The first-order valence-corrected chi connectivity index (χ1v) is 22.6. The monoisotopic (exact) mass is 824 g/mol. The van der Waals surface area contributed by atoms with Crippen LogP contribution in [0.4, 0.5) is 17.1 Å². The van der Waals surface area contributed by atoms with Crippen LogP contribution in [0.25, 0.3) is 82.4 Å². The number of benzene rings is 11. The molecule has 0 N–H and O–H groups in total. The van der Waals surface area contributed by atoms with E-state index in [2.05, 4.69) is 252 Å². The highest BCUT2D eigenvalue weighted by molar-refractivity contribution is 6.27. The second-order valence-electron chi connectivity index (χ2n) is 17.6. The van der Waals surface area contributed by atoms with Gasteiger partial charge in [0.1, 0.15) is 0 Å². The maximum absolute atomic E-state index is 2.54. The first-order valence-electron chi connectivity index (χ1n) is 22.6. The minimum Gasteiger partial charge on any atom is -0.311 e. The van der Waals surface area contributed by atoms with Gasteiger partial charge in [0, 0.05) is 33.5 Å². The van der Waals surface area contributed by atoms with E-state index >= 15 is 0 Å². The minimum absolute atomic E-state index is 0.524. The minimum atomic E-state index is -0.524. The number of anilines is 3. The summed E-state index contributed by atoms with van der Waals surface area (Å²) in [7, 11) is 0. The van der Waals surface area contributed by atoms with E-state index in [-0.39, 0.29) is 0 Å². The summed E-state index contributed by atoms with van der Waals surface area (Å²) < 4.78 is 2.54. The Bertz CT molecular complexity index is 3770. The van der Waals surface area contributed by atoms with Crippen LogP contribution >= 0.6 is 0 Å². The van der Waals surface area contributed by atoms with Crippen LogP contribution in [0, 0.1) is 0 Å². The van der Waals surface area contributed by atoms with Gasteiger partial charge < -0.3 is 9.47 Å². The van der Waals surface area contributed by atoms with Crippen LogP contribution in [-0.4, -0.2) is 4.57 Å². The number of rotatable bonds is 6. The largest absolute Gasteiger partial charge is 0.311 e. The molecule has 0 saturated carbocycles. The molecule has 0 bridgehead atoms. The van der Waals surface area contributed by atoms with Crippen LogP contribution in [-0.2, 0) is 5.41 Å². The Labute approximate surface area is 377 Å². The lowest BCUT2D eigenvalue weighted by atomic mass is 9.63. The molecular formula is C63H40N2. The van der Waals surface area contributed by atoms with E-state index in [1.54, 1.807) is 0 Å². The van der Waals surface area contributed by atoms with Crippen molar-refractivity contribution < 1.29 is 0 Å². The highest BCUT2D eigenvalue weighted by Gasteiger charge is 2.50. The molecule has 0 amide bonds. The van der Waals surface area contributed by atoms with Gasteiger partial charge >= 0.3 is 0 Å². The Morgan fingerprint density at radius 3 is 1.58 bits per heavy atom. The highest BCUT2D eigenvalue weighted by atomic mass is 15.1. The summed E-state index contributed by atoms with van der Waals surface area (Å²) in [5, 5.41) is 7.79. The predicted molar refractivity (Wildman–Crippen MR) is 272 cm³/mol. The molecule has 1 spiro atoms. The van der Waals surface area contributed by atoms with Crippen molar-refractivity contribution in [2.24, 2.45) is 0 Å². The molecule has 0 atom stereocenters. The Balaban J connectivity index is 1.05. The Kier molecular flexibility index (Phi) is 7.64. The molecule has 65 heavy (non-hydrogen) atoms. The van der Waals surface area contributed by atoms with Crippen LogP contribution in [0.1, 0.15) is 22.3 Å². The molecule has 12 aromatic rings. The number of para-hydroxylation sites is 2. The third-order valence-electron chi connectivity index (χ3n) is 14.3. The van der Waals surface area contributed by atoms with Gasteiger partial charge in [-0.25, -0.2) is 0 Å². The number of aromatic nitrogens is 1. The molecule has 2 heteroatoms. The van der Waals surface area contributed by atoms with E-state index in [9.17, 15) is 0 Å². The van der Waals surface area contributed by atoms with Gasteiger partial charge in [-0.15, -0.1) is 0 Å². The van der Waals surface area contributed by atoms with Gasteiger partial charge in [-0.05, 0) is 144 Å². The molecule has 0 saturated heterocycles. The number of hydrogen-bond acceptors (Lipinski definition) is 1. The van der Waals surface area contributed by atoms with E-state index in [1.165, 1.54) is 99.0 Å². The number of nitrogens with zero attached hydrogens (tertiary/aromatic N) is 2. The van der Waals surface area contributed by atoms with E-state index in [4.69, 9.17) is 0 Å². The highest BCUT2D eigenvalue weighted by Crippen LogP contribution is 2.62. The SMILES string of the molecule is c1ccc(N(c2ccccc2)c2ccc(-c3cc4c5c6c7c(cccc7ccc6n(-c6ccc(-c7cccc8ccccc78)cc6)c5c3)C43c4ccccc4-c4ccccc43)cc2)cc1. The van der Waals surface area contributed by atoms with Crippen LogP contribution in [0.15, 0.2) is 243 Å². The van der Waals surface area contributed by atoms with Crippen molar-refractivity contribution in [2.45, 2.75) is 5.41 Å².